The Kier molecular flexibility index (Phi) is 9.47. The molecular weight excluding hydrogens is 463 g/mol. The molecule has 0 fully saturated rings. The maximum atomic E-state index is 12.9. The zero-order chi connectivity index (χ0) is 24.6. The van der Waals surface area contributed by atoms with Crippen LogP contribution in [0.15, 0.2) is 62.8 Å². The Bertz CT molecular complexity index is 1130. The molecule has 0 atom stereocenters. The highest BCUT2D eigenvalue weighted by molar-refractivity contribution is 7.99. The van der Waals surface area contributed by atoms with E-state index in [0.717, 1.165) is 54.5 Å². The van der Waals surface area contributed by atoms with Gasteiger partial charge in [0.05, 0.1) is 18.7 Å². The quantitative estimate of drug-likeness (QED) is 0.201. The van der Waals surface area contributed by atoms with Crippen molar-refractivity contribution in [1.29, 1.82) is 0 Å². The number of hydrogen-bond acceptors (Lipinski definition) is 5. The van der Waals surface area contributed by atoms with Gasteiger partial charge in [-0.1, -0.05) is 32.0 Å². The molecule has 3 aromatic rings. The normalized spacial score (nSPS) is 11.9. The van der Waals surface area contributed by atoms with Crippen molar-refractivity contribution < 1.29 is 22.3 Å². The van der Waals surface area contributed by atoms with Gasteiger partial charge in [0, 0.05) is 11.0 Å². The molecule has 34 heavy (non-hydrogen) atoms. The molecule has 0 amide bonds. The minimum absolute atomic E-state index is 0.173. The molecule has 184 valence electrons. The van der Waals surface area contributed by atoms with Gasteiger partial charge in [-0.2, -0.15) is 13.2 Å². The van der Waals surface area contributed by atoms with Crippen LogP contribution in [0.5, 0.6) is 5.75 Å². The van der Waals surface area contributed by atoms with Gasteiger partial charge in [-0.25, -0.2) is 0 Å². The van der Waals surface area contributed by atoms with Gasteiger partial charge in [0.1, 0.15) is 12.0 Å². The first-order valence-corrected chi connectivity index (χ1v) is 12.5. The van der Waals surface area contributed by atoms with Crippen molar-refractivity contribution >= 4 is 22.5 Å². The fourth-order valence-corrected chi connectivity index (χ4v) is 4.68. The molecule has 2 aromatic carbocycles. The minimum Gasteiger partial charge on any atom is -0.487 e. The van der Waals surface area contributed by atoms with E-state index < -0.39 is 11.7 Å². The first-order valence-electron chi connectivity index (χ1n) is 11.5. The Morgan fingerprint density at radius 2 is 1.82 bits per heavy atom. The van der Waals surface area contributed by atoms with Gasteiger partial charge in [0.25, 0.3) is 0 Å². The average molecular weight is 494 g/mol. The van der Waals surface area contributed by atoms with Crippen LogP contribution in [-0.4, -0.2) is 30.3 Å². The fourth-order valence-electron chi connectivity index (χ4n) is 3.60. The molecule has 4 nitrogen and oxygen atoms in total. The van der Waals surface area contributed by atoms with E-state index in [2.05, 4.69) is 18.7 Å². The highest BCUT2D eigenvalue weighted by Gasteiger charge is 2.30. The van der Waals surface area contributed by atoms with Crippen molar-refractivity contribution in [2.45, 2.75) is 50.7 Å². The molecule has 0 radical (unpaired) electrons. The Morgan fingerprint density at radius 1 is 1.03 bits per heavy atom. The summed E-state index contributed by atoms with van der Waals surface area (Å²) in [6, 6.07) is 10.8. The monoisotopic (exact) mass is 493 g/mol. The smallest absolute Gasteiger partial charge is 0.416 e. The van der Waals surface area contributed by atoms with E-state index in [1.807, 2.05) is 6.07 Å². The van der Waals surface area contributed by atoms with Gasteiger partial charge in [-0.05, 0) is 67.1 Å². The van der Waals surface area contributed by atoms with Crippen molar-refractivity contribution in [3.8, 4) is 5.75 Å². The molecule has 0 aliphatic carbocycles. The molecule has 0 N–H and O–H groups in total. The summed E-state index contributed by atoms with van der Waals surface area (Å²) in [5, 5.41) is 1.43. The molecule has 0 aliphatic rings. The van der Waals surface area contributed by atoms with Crippen LogP contribution in [0.2, 0.25) is 0 Å². The van der Waals surface area contributed by atoms with E-state index in [1.54, 1.807) is 30.0 Å². The van der Waals surface area contributed by atoms with Crippen molar-refractivity contribution in [3.05, 3.63) is 70.3 Å². The third kappa shape index (κ3) is 7.27. The Hall–Kier alpha value is -2.45. The second kappa shape index (κ2) is 12.3. The van der Waals surface area contributed by atoms with E-state index >= 15 is 0 Å². The molecular formula is C26H30F3NO3S. The van der Waals surface area contributed by atoms with E-state index in [0.29, 0.717) is 24.3 Å². The minimum atomic E-state index is -4.34. The second-order valence-electron chi connectivity index (χ2n) is 7.98. The summed E-state index contributed by atoms with van der Waals surface area (Å²) in [6.07, 6.45) is -0.301. The average Bonchev–Trinajstić information content (AvgIpc) is 2.82. The van der Waals surface area contributed by atoms with E-state index in [9.17, 15) is 18.0 Å². The predicted octanol–water partition coefficient (Wildman–Crippen LogP) is 7.00. The van der Waals surface area contributed by atoms with Gasteiger partial charge >= 0.3 is 6.18 Å². The third-order valence-electron chi connectivity index (χ3n) is 5.60. The molecule has 0 aliphatic heterocycles. The van der Waals surface area contributed by atoms with Gasteiger partial charge in [-0.15, -0.1) is 11.8 Å². The summed E-state index contributed by atoms with van der Waals surface area (Å²) in [7, 11) is 0. The van der Waals surface area contributed by atoms with Crippen LogP contribution >= 0.6 is 11.8 Å². The zero-order valence-electron chi connectivity index (χ0n) is 19.5. The SMILES string of the molecule is CCN(CC)Cc1cc(=O)c(OCCCCCSc2cccc3cc(C(F)(F)F)ccc23)co1. The molecule has 0 saturated carbocycles. The number of benzene rings is 2. The predicted molar refractivity (Wildman–Crippen MR) is 131 cm³/mol. The molecule has 0 unspecified atom stereocenters. The fraction of sp³-hybridized carbons (Fsp3) is 0.423. The number of halogens is 3. The Labute approximate surface area is 202 Å². The number of unbranched alkanes of at least 4 members (excludes halogenated alkanes) is 2. The van der Waals surface area contributed by atoms with Crippen LogP contribution < -0.4 is 10.2 Å². The van der Waals surface area contributed by atoms with Gasteiger partial charge in [0.2, 0.25) is 11.2 Å². The maximum Gasteiger partial charge on any atom is 0.416 e. The summed E-state index contributed by atoms with van der Waals surface area (Å²) in [5.74, 6) is 1.70. The number of nitrogens with zero attached hydrogens (tertiary/aromatic N) is 1. The van der Waals surface area contributed by atoms with Gasteiger partial charge in [-0.3, -0.25) is 9.69 Å². The molecule has 0 bridgehead atoms. The molecule has 1 aromatic heterocycles. The topological polar surface area (TPSA) is 42.7 Å². The van der Waals surface area contributed by atoms with Gasteiger partial charge in [0.15, 0.2) is 0 Å². The van der Waals surface area contributed by atoms with Crippen LogP contribution in [0.25, 0.3) is 10.8 Å². The summed E-state index contributed by atoms with van der Waals surface area (Å²) < 4.78 is 50.0. The lowest BCUT2D eigenvalue weighted by Crippen LogP contribution is -2.22. The van der Waals surface area contributed by atoms with Crippen LogP contribution in [0, 0.1) is 0 Å². The first kappa shape index (κ1) is 26.2. The van der Waals surface area contributed by atoms with Crippen molar-refractivity contribution in [3.63, 3.8) is 0 Å². The largest absolute Gasteiger partial charge is 0.487 e. The number of rotatable bonds is 12. The summed E-state index contributed by atoms with van der Waals surface area (Å²) in [6.45, 7) is 6.92. The number of hydrogen-bond donors (Lipinski definition) is 0. The molecule has 1 heterocycles. The van der Waals surface area contributed by atoms with Crippen molar-refractivity contribution in [2.24, 2.45) is 0 Å². The van der Waals surface area contributed by atoms with Gasteiger partial charge < -0.3 is 9.15 Å². The van der Waals surface area contributed by atoms with E-state index in [1.165, 1.54) is 18.4 Å². The van der Waals surface area contributed by atoms with Crippen LogP contribution in [0.1, 0.15) is 44.4 Å². The molecule has 0 spiro atoms. The van der Waals surface area contributed by atoms with Crippen LogP contribution in [-0.2, 0) is 12.7 Å². The van der Waals surface area contributed by atoms with Crippen molar-refractivity contribution in [2.75, 3.05) is 25.4 Å². The number of alkyl halides is 3. The van der Waals surface area contributed by atoms with Crippen molar-refractivity contribution in [1.82, 2.24) is 4.90 Å². The molecule has 8 heteroatoms. The second-order valence-corrected chi connectivity index (χ2v) is 9.12. The number of fused-ring (bicyclic) bond motifs is 1. The van der Waals surface area contributed by atoms with Crippen LogP contribution in [0.4, 0.5) is 13.2 Å². The number of thioether (sulfide) groups is 1. The maximum absolute atomic E-state index is 12.9. The lowest BCUT2D eigenvalue weighted by atomic mass is 10.1. The van der Waals surface area contributed by atoms with Crippen LogP contribution in [0.3, 0.4) is 0 Å². The summed E-state index contributed by atoms with van der Waals surface area (Å²) >= 11 is 1.64. The van der Waals surface area contributed by atoms with E-state index in [-0.39, 0.29) is 11.2 Å². The molecule has 0 saturated heterocycles. The lowest BCUT2D eigenvalue weighted by molar-refractivity contribution is -0.137. The number of ether oxygens (including phenoxy) is 1. The molecule has 3 rings (SSSR count). The lowest BCUT2D eigenvalue weighted by Gasteiger charge is -2.16. The third-order valence-corrected chi connectivity index (χ3v) is 6.76. The highest BCUT2D eigenvalue weighted by atomic mass is 32.2. The Balaban J connectivity index is 1.41. The van der Waals surface area contributed by atoms with E-state index in [4.69, 9.17) is 9.15 Å². The standard InChI is InChI=1S/C26H30F3NO3S/c1-3-30(4-2)17-21-16-23(31)24(18-33-21)32-13-6-5-7-14-34-25-10-8-9-19-15-20(26(27,28)29)11-12-22(19)25/h8-12,15-16,18H,3-7,13-14,17H2,1-2H3. The summed E-state index contributed by atoms with van der Waals surface area (Å²) in [5.41, 5.74) is -0.802. The highest BCUT2D eigenvalue weighted by Crippen LogP contribution is 2.34. The zero-order valence-corrected chi connectivity index (χ0v) is 20.3. The first-order chi connectivity index (χ1) is 16.3. The summed E-state index contributed by atoms with van der Waals surface area (Å²) in [4.78, 5) is 15.4. The Morgan fingerprint density at radius 3 is 2.53 bits per heavy atom.